The Hall–Kier alpha value is -0.970. The van der Waals surface area contributed by atoms with Gasteiger partial charge in [0, 0.05) is 31.5 Å². The molecule has 0 saturated carbocycles. The lowest BCUT2D eigenvalue weighted by Gasteiger charge is -2.39. The van der Waals surface area contributed by atoms with Crippen LogP contribution < -0.4 is 5.32 Å². The second-order valence-electron chi connectivity index (χ2n) is 5.72. The van der Waals surface area contributed by atoms with Crippen molar-refractivity contribution in [1.29, 1.82) is 0 Å². The van der Waals surface area contributed by atoms with Crippen LogP contribution in [-0.4, -0.2) is 48.3 Å². The molecule has 1 fully saturated rings. The Kier molecular flexibility index (Phi) is 5.95. The number of pyridine rings is 1. The molecule has 1 aliphatic heterocycles. The van der Waals surface area contributed by atoms with Crippen LogP contribution in [0.5, 0.6) is 0 Å². The SMILES string of the molecule is CCCNC(c1cccnc1)C1CN(C(C)C)CCO1. The number of hydrogen-bond donors (Lipinski definition) is 1. The molecule has 1 N–H and O–H groups in total. The summed E-state index contributed by atoms with van der Waals surface area (Å²) in [6.45, 7) is 10.5. The van der Waals surface area contributed by atoms with Crippen molar-refractivity contribution in [3.8, 4) is 0 Å². The summed E-state index contributed by atoms with van der Waals surface area (Å²) in [6, 6.07) is 4.93. The predicted molar refractivity (Wildman–Crippen MR) is 81.7 cm³/mol. The van der Waals surface area contributed by atoms with Gasteiger partial charge in [-0.25, -0.2) is 0 Å². The lowest BCUT2D eigenvalue weighted by Crippen LogP contribution is -2.50. The van der Waals surface area contributed by atoms with Crippen LogP contribution in [0, 0.1) is 0 Å². The number of aromatic nitrogens is 1. The summed E-state index contributed by atoms with van der Waals surface area (Å²) < 4.78 is 6.04. The number of rotatable bonds is 6. The van der Waals surface area contributed by atoms with Gasteiger partial charge in [-0.2, -0.15) is 0 Å². The van der Waals surface area contributed by atoms with Gasteiger partial charge < -0.3 is 10.1 Å². The quantitative estimate of drug-likeness (QED) is 0.865. The van der Waals surface area contributed by atoms with Gasteiger partial charge in [-0.15, -0.1) is 0 Å². The topological polar surface area (TPSA) is 37.4 Å². The van der Waals surface area contributed by atoms with E-state index in [4.69, 9.17) is 4.74 Å². The summed E-state index contributed by atoms with van der Waals surface area (Å²) in [5.74, 6) is 0. The first-order valence-corrected chi connectivity index (χ1v) is 7.71. The van der Waals surface area contributed by atoms with Gasteiger partial charge in [0.2, 0.25) is 0 Å². The Morgan fingerprint density at radius 2 is 2.35 bits per heavy atom. The van der Waals surface area contributed by atoms with Crippen LogP contribution >= 0.6 is 0 Å². The fraction of sp³-hybridized carbons (Fsp3) is 0.688. The monoisotopic (exact) mass is 277 g/mol. The van der Waals surface area contributed by atoms with E-state index < -0.39 is 0 Å². The summed E-state index contributed by atoms with van der Waals surface area (Å²) in [6.07, 6.45) is 5.09. The lowest BCUT2D eigenvalue weighted by atomic mass is 10.0. The zero-order chi connectivity index (χ0) is 14.4. The van der Waals surface area contributed by atoms with E-state index in [9.17, 15) is 0 Å². The average Bonchev–Trinajstić information content (AvgIpc) is 2.49. The van der Waals surface area contributed by atoms with Crippen LogP contribution in [0.15, 0.2) is 24.5 Å². The molecule has 0 aromatic carbocycles. The summed E-state index contributed by atoms with van der Waals surface area (Å²) >= 11 is 0. The number of nitrogens with zero attached hydrogens (tertiary/aromatic N) is 2. The van der Waals surface area contributed by atoms with E-state index in [0.717, 1.165) is 32.7 Å². The standard InChI is InChI=1S/C16H27N3O/c1-4-7-18-16(14-6-5-8-17-11-14)15-12-19(13(2)3)9-10-20-15/h5-6,8,11,13,15-16,18H,4,7,9-10,12H2,1-3H3. The summed E-state index contributed by atoms with van der Waals surface area (Å²) in [4.78, 5) is 6.74. The van der Waals surface area contributed by atoms with Crippen molar-refractivity contribution in [3.05, 3.63) is 30.1 Å². The van der Waals surface area contributed by atoms with Crippen molar-refractivity contribution in [3.63, 3.8) is 0 Å². The van der Waals surface area contributed by atoms with Crippen LogP contribution in [0.25, 0.3) is 0 Å². The van der Waals surface area contributed by atoms with Gasteiger partial charge >= 0.3 is 0 Å². The van der Waals surface area contributed by atoms with E-state index in [0.29, 0.717) is 6.04 Å². The first-order valence-electron chi connectivity index (χ1n) is 7.71. The van der Waals surface area contributed by atoms with Crippen molar-refractivity contribution in [2.75, 3.05) is 26.2 Å². The molecule has 1 aromatic heterocycles. The zero-order valence-electron chi connectivity index (χ0n) is 12.9. The Morgan fingerprint density at radius 1 is 1.50 bits per heavy atom. The third kappa shape index (κ3) is 4.01. The maximum atomic E-state index is 6.04. The third-order valence-electron chi connectivity index (χ3n) is 3.88. The molecule has 2 heterocycles. The molecule has 4 heteroatoms. The van der Waals surface area contributed by atoms with Crippen molar-refractivity contribution in [1.82, 2.24) is 15.2 Å². The van der Waals surface area contributed by atoms with E-state index in [1.807, 2.05) is 18.5 Å². The average molecular weight is 277 g/mol. The highest BCUT2D eigenvalue weighted by molar-refractivity contribution is 5.16. The zero-order valence-corrected chi connectivity index (χ0v) is 12.9. The second-order valence-corrected chi connectivity index (χ2v) is 5.72. The van der Waals surface area contributed by atoms with Gasteiger partial charge in [0.05, 0.1) is 18.8 Å². The molecule has 2 atom stereocenters. The maximum absolute atomic E-state index is 6.04. The molecule has 1 aliphatic rings. The highest BCUT2D eigenvalue weighted by Gasteiger charge is 2.29. The van der Waals surface area contributed by atoms with Gasteiger partial charge in [0.15, 0.2) is 0 Å². The number of ether oxygens (including phenoxy) is 1. The van der Waals surface area contributed by atoms with Crippen molar-refractivity contribution in [2.24, 2.45) is 0 Å². The molecule has 2 unspecified atom stereocenters. The van der Waals surface area contributed by atoms with Crippen LogP contribution in [0.3, 0.4) is 0 Å². The van der Waals surface area contributed by atoms with Gasteiger partial charge in [0.1, 0.15) is 0 Å². The fourth-order valence-corrected chi connectivity index (χ4v) is 2.69. The summed E-state index contributed by atoms with van der Waals surface area (Å²) in [5.41, 5.74) is 1.22. The molecular formula is C16H27N3O. The molecule has 1 aromatic rings. The first-order chi connectivity index (χ1) is 9.72. The molecular weight excluding hydrogens is 250 g/mol. The highest BCUT2D eigenvalue weighted by atomic mass is 16.5. The minimum atomic E-state index is 0.196. The van der Waals surface area contributed by atoms with E-state index in [2.05, 4.69) is 42.0 Å². The Balaban J connectivity index is 2.09. The Labute approximate surface area is 122 Å². The maximum Gasteiger partial charge on any atom is 0.0897 e. The lowest BCUT2D eigenvalue weighted by molar-refractivity contribution is -0.0561. The van der Waals surface area contributed by atoms with Crippen molar-refractivity contribution < 1.29 is 4.74 Å². The summed E-state index contributed by atoms with van der Waals surface area (Å²) in [5, 5.41) is 3.62. The van der Waals surface area contributed by atoms with Crippen molar-refractivity contribution >= 4 is 0 Å². The van der Waals surface area contributed by atoms with Gasteiger partial charge in [-0.1, -0.05) is 13.0 Å². The molecule has 1 saturated heterocycles. The first kappa shape index (κ1) is 15.4. The van der Waals surface area contributed by atoms with Gasteiger partial charge in [-0.05, 0) is 38.4 Å². The minimum absolute atomic E-state index is 0.196. The van der Waals surface area contributed by atoms with E-state index in [1.165, 1.54) is 5.56 Å². The van der Waals surface area contributed by atoms with Gasteiger partial charge in [-0.3, -0.25) is 9.88 Å². The molecule has 112 valence electrons. The molecule has 0 aliphatic carbocycles. The highest BCUT2D eigenvalue weighted by Crippen LogP contribution is 2.22. The Morgan fingerprint density at radius 3 is 3.00 bits per heavy atom. The number of morpholine rings is 1. The third-order valence-corrected chi connectivity index (χ3v) is 3.88. The van der Waals surface area contributed by atoms with Crippen molar-refractivity contribution in [2.45, 2.75) is 45.4 Å². The van der Waals surface area contributed by atoms with Crippen LogP contribution in [0.2, 0.25) is 0 Å². The largest absolute Gasteiger partial charge is 0.374 e. The molecule has 0 spiro atoms. The van der Waals surface area contributed by atoms with E-state index in [1.54, 1.807) is 0 Å². The predicted octanol–water partition coefficient (Wildman–Crippen LogP) is 2.23. The second kappa shape index (κ2) is 7.72. The smallest absolute Gasteiger partial charge is 0.0897 e. The van der Waals surface area contributed by atoms with Crippen LogP contribution in [0.1, 0.15) is 38.8 Å². The number of nitrogens with one attached hydrogen (secondary N) is 1. The normalized spacial score (nSPS) is 22.1. The van der Waals surface area contributed by atoms with Crippen LogP contribution in [0.4, 0.5) is 0 Å². The molecule has 0 radical (unpaired) electrons. The minimum Gasteiger partial charge on any atom is -0.374 e. The van der Waals surface area contributed by atoms with Crippen LogP contribution in [-0.2, 0) is 4.74 Å². The molecule has 0 bridgehead atoms. The fourth-order valence-electron chi connectivity index (χ4n) is 2.69. The molecule has 20 heavy (non-hydrogen) atoms. The molecule has 2 rings (SSSR count). The van der Waals surface area contributed by atoms with E-state index in [-0.39, 0.29) is 12.1 Å². The number of hydrogen-bond acceptors (Lipinski definition) is 4. The molecule has 4 nitrogen and oxygen atoms in total. The summed E-state index contributed by atoms with van der Waals surface area (Å²) in [7, 11) is 0. The Bertz CT molecular complexity index is 383. The molecule has 0 amide bonds. The van der Waals surface area contributed by atoms with E-state index >= 15 is 0 Å². The van der Waals surface area contributed by atoms with Gasteiger partial charge in [0.25, 0.3) is 0 Å².